The zero-order valence-electron chi connectivity index (χ0n) is 12.8. The smallest absolute Gasteiger partial charge is 0.314 e. The van der Waals surface area contributed by atoms with Crippen molar-refractivity contribution in [1.82, 2.24) is 0 Å². The van der Waals surface area contributed by atoms with E-state index in [2.05, 4.69) is 0 Å². The lowest BCUT2D eigenvalue weighted by atomic mass is 9.86. The van der Waals surface area contributed by atoms with Gasteiger partial charge in [0, 0.05) is 0 Å². The van der Waals surface area contributed by atoms with Crippen molar-refractivity contribution in [3.05, 3.63) is 22.4 Å². The topological polar surface area (TPSA) is 72.5 Å². The molecule has 2 atom stereocenters. The zero-order chi connectivity index (χ0) is 15.6. The molecule has 1 heterocycles. The molecule has 0 aliphatic heterocycles. The van der Waals surface area contributed by atoms with E-state index in [9.17, 15) is 9.90 Å². The standard InChI is InChI=1S/C15H25NO3S/c1-10(2)9-11(13(17)19-14(3,4)5)15(16,18)12-7-6-8-20-12/h6-8,10-11,18H,9,16H2,1-5H3/t11-,15-/m1/s1. The molecule has 20 heavy (non-hydrogen) atoms. The summed E-state index contributed by atoms with van der Waals surface area (Å²) >= 11 is 1.34. The number of ether oxygens (including phenoxy) is 1. The molecule has 0 spiro atoms. The Balaban J connectivity index is 3.03. The van der Waals surface area contributed by atoms with Crippen molar-refractivity contribution in [2.75, 3.05) is 0 Å². The summed E-state index contributed by atoms with van der Waals surface area (Å²) in [5, 5.41) is 12.5. The van der Waals surface area contributed by atoms with E-state index in [1.165, 1.54) is 11.3 Å². The number of thiophene rings is 1. The average Bonchev–Trinajstić information content (AvgIpc) is 2.76. The lowest BCUT2D eigenvalue weighted by Crippen LogP contribution is -2.49. The second-order valence-electron chi connectivity index (χ2n) is 6.52. The Morgan fingerprint density at radius 3 is 2.45 bits per heavy atom. The molecule has 0 radical (unpaired) electrons. The van der Waals surface area contributed by atoms with Gasteiger partial charge in [-0.3, -0.25) is 10.5 Å². The number of carbonyl (C=O) groups excluding carboxylic acids is 1. The normalized spacial score (nSPS) is 16.8. The van der Waals surface area contributed by atoms with E-state index < -0.39 is 23.2 Å². The maximum absolute atomic E-state index is 12.4. The Kier molecular flexibility index (Phi) is 5.35. The quantitative estimate of drug-likeness (QED) is 0.648. The zero-order valence-corrected chi connectivity index (χ0v) is 13.7. The van der Waals surface area contributed by atoms with E-state index in [4.69, 9.17) is 10.5 Å². The Morgan fingerprint density at radius 1 is 1.45 bits per heavy atom. The summed E-state index contributed by atoms with van der Waals surface area (Å²) in [4.78, 5) is 13.0. The van der Waals surface area contributed by atoms with Crippen LogP contribution in [0.25, 0.3) is 0 Å². The molecular formula is C15H25NO3S. The van der Waals surface area contributed by atoms with Crippen molar-refractivity contribution in [1.29, 1.82) is 0 Å². The van der Waals surface area contributed by atoms with E-state index in [1.807, 2.05) is 19.2 Å². The van der Waals surface area contributed by atoms with Crippen molar-refractivity contribution < 1.29 is 14.6 Å². The largest absolute Gasteiger partial charge is 0.460 e. The van der Waals surface area contributed by atoms with Gasteiger partial charge in [-0.2, -0.15) is 0 Å². The Hall–Kier alpha value is -0.910. The lowest BCUT2D eigenvalue weighted by molar-refractivity contribution is -0.171. The minimum Gasteiger partial charge on any atom is -0.460 e. The molecule has 0 unspecified atom stereocenters. The second kappa shape index (κ2) is 6.24. The molecule has 0 saturated carbocycles. The predicted octanol–water partition coefficient (Wildman–Crippen LogP) is 2.86. The van der Waals surface area contributed by atoms with Crippen molar-refractivity contribution in [2.45, 2.75) is 52.4 Å². The van der Waals surface area contributed by atoms with Crippen molar-refractivity contribution in [2.24, 2.45) is 17.6 Å². The number of hydrogen-bond acceptors (Lipinski definition) is 5. The van der Waals surface area contributed by atoms with Gasteiger partial charge in [0.25, 0.3) is 0 Å². The first kappa shape index (κ1) is 17.1. The summed E-state index contributed by atoms with van der Waals surface area (Å²) in [5.74, 6) is -1.01. The molecular weight excluding hydrogens is 274 g/mol. The van der Waals surface area contributed by atoms with Gasteiger partial charge in [-0.25, -0.2) is 0 Å². The molecule has 0 fully saturated rings. The van der Waals surface area contributed by atoms with Gasteiger partial charge in [0.2, 0.25) is 0 Å². The third-order valence-electron chi connectivity index (χ3n) is 2.85. The van der Waals surface area contributed by atoms with E-state index in [0.29, 0.717) is 11.3 Å². The number of esters is 1. The summed E-state index contributed by atoms with van der Waals surface area (Å²) < 4.78 is 5.41. The highest BCUT2D eigenvalue weighted by atomic mass is 32.1. The molecule has 0 aliphatic rings. The first-order valence-corrected chi connectivity index (χ1v) is 7.70. The number of hydrogen-bond donors (Lipinski definition) is 2. The van der Waals surface area contributed by atoms with Crippen LogP contribution in [-0.4, -0.2) is 16.7 Å². The van der Waals surface area contributed by atoms with Gasteiger partial charge < -0.3 is 9.84 Å². The molecule has 5 heteroatoms. The van der Waals surface area contributed by atoms with Crippen molar-refractivity contribution in [3.8, 4) is 0 Å². The number of rotatable bonds is 5. The predicted molar refractivity (Wildman–Crippen MR) is 81.2 cm³/mol. The first-order chi connectivity index (χ1) is 9.04. The van der Waals surface area contributed by atoms with Crippen LogP contribution in [0, 0.1) is 11.8 Å². The van der Waals surface area contributed by atoms with E-state index >= 15 is 0 Å². The van der Waals surface area contributed by atoms with Gasteiger partial charge in [0.15, 0.2) is 5.72 Å². The van der Waals surface area contributed by atoms with E-state index in [0.717, 1.165) is 0 Å². The first-order valence-electron chi connectivity index (χ1n) is 6.82. The highest BCUT2D eigenvalue weighted by Gasteiger charge is 2.42. The molecule has 0 aliphatic carbocycles. The fourth-order valence-corrected chi connectivity index (χ4v) is 2.77. The van der Waals surface area contributed by atoms with Crippen LogP contribution < -0.4 is 5.73 Å². The number of nitrogens with two attached hydrogens (primary N) is 1. The summed E-state index contributed by atoms with van der Waals surface area (Å²) in [6.45, 7) is 9.39. The highest BCUT2D eigenvalue weighted by Crippen LogP contribution is 2.34. The van der Waals surface area contributed by atoms with Gasteiger partial charge in [0.05, 0.1) is 4.88 Å². The Bertz CT molecular complexity index is 432. The van der Waals surface area contributed by atoms with Crippen LogP contribution in [0.5, 0.6) is 0 Å². The monoisotopic (exact) mass is 299 g/mol. The van der Waals surface area contributed by atoms with Gasteiger partial charge in [-0.1, -0.05) is 19.9 Å². The van der Waals surface area contributed by atoms with Crippen LogP contribution in [0.15, 0.2) is 17.5 Å². The summed E-state index contributed by atoms with van der Waals surface area (Å²) in [7, 11) is 0. The third-order valence-corrected chi connectivity index (χ3v) is 3.86. The van der Waals surface area contributed by atoms with Gasteiger partial charge in [0.1, 0.15) is 11.5 Å². The average molecular weight is 299 g/mol. The summed E-state index contributed by atoms with van der Waals surface area (Å²) in [6, 6.07) is 3.54. The lowest BCUT2D eigenvalue weighted by Gasteiger charge is -2.33. The Labute approximate surface area is 124 Å². The van der Waals surface area contributed by atoms with Crippen molar-refractivity contribution >= 4 is 17.3 Å². The fourth-order valence-electron chi connectivity index (χ4n) is 1.98. The molecule has 1 aromatic rings. The van der Waals surface area contributed by atoms with E-state index in [-0.39, 0.29) is 5.92 Å². The summed E-state index contributed by atoms with van der Waals surface area (Å²) in [6.07, 6.45) is 0.472. The molecule has 0 amide bonds. The van der Waals surface area contributed by atoms with Gasteiger partial charge in [-0.15, -0.1) is 11.3 Å². The maximum atomic E-state index is 12.4. The molecule has 4 nitrogen and oxygen atoms in total. The van der Waals surface area contributed by atoms with Crippen molar-refractivity contribution in [3.63, 3.8) is 0 Å². The molecule has 1 rings (SSSR count). The highest BCUT2D eigenvalue weighted by molar-refractivity contribution is 7.10. The van der Waals surface area contributed by atoms with Crippen LogP contribution in [0.4, 0.5) is 0 Å². The van der Waals surface area contributed by atoms with E-state index in [1.54, 1.807) is 32.9 Å². The number of carbonyl (C=O) groups is 1. The minimum atomic E-state index is -1.69. The Morgan fingerprint density at radius 2 is 2.05 bits per heavy atom. The van der Waals surface area contributed by atoms with Crippen LogP contribution >= 0.6 is 11.3 Å². The van der Waals surface area contributed by atoms with Crippen LogP contribution in [-0.2, 0) is 15.3 Å². The van der Waals surface area contributed by atoms with Crippen LogP contribution in [0.1, 0.15) is 45.9 Å². The second-order valence-corrected chi connectivity index (χ2v) is 7.47. The SMILES string of the molecule is CC(C)C[C@H](C(=O)OC(C)(C)C)[C@@](N)(O)c1cccs1. The fraction of sp³-hybridized carbons (Fsp3) is 0.667. The van der Waals surface area contributed by atoms with Gasteiger partial charge in [-0.05, 0) is 44.6 Å². The molecule has 114 valence electrons. The van der Waals surface area contributed by atoms with Gasteiger partial charge >= 0.3 is 5.97 Å². The molecule has 1 aromatic heterocycles. The minimum absolute atomic E-state index is 0.225. The summed E-state index contributed by atoms with van der Waals surface area (Å²) in [5.41, 5.74) is 3.77. The number of aliphatic hydroxyl groups is 1. The molecule has 0 bridgehead atoms. The molecule has 0 aromatic carbocycles. The molecule has 3 N–H and O–H groups in total. The third kappa shape index (κ3) is 4.58. The molecule has 0 saturated heterocycles. The van der Waals surface area contributed by atoms with Crippen LogP contribution in [0.3, 0.4) is 0 Å². The maximum Gasteiger partial charge on any atom is 0.314 e. The van der Waals surface area contributed by atoms with Crippen LogP contribution in [0.2, 0.25) is 0 Å².